The second kappa shape index (κ2) is 6.74. The van der Waals surface area contributed by atoms with Crippen LogP contribution in [0.2, 0.25) is 0 Å². The molecule has 5 heteroatoms. The summed E-state index contributed by atoms with van der Waals surface area (Å²) in [6.45, 7) is 2.10. The summed E-state index contributed by atoms with van der Waals surface area (Å²) in [6.07, 6.45) is 2.49. The molecule has 0 aromatic rings. The van der Waals surface area contributed by atoms with E-state index in [-0.39, 0.29) is 5.75 Å². The molecule has 0 aromatic carbocycles. The van der Waals surface area contributed by atoms with Crippen molar-refractivity contribution in [3.8, 4) is 0 Å². The van der Waals surface area contributed by atoms with Gasteiger partial charge >= 0.3 is 0 Å². The minimum Gasteiger partial charge on any atom is -0.286 e. The van der Waals surface area contributed by atoms with E-state index in [1.165, 1.54) is 0 Å². The average molecular weight is 212 g/mol. The lowest BCUT2D eigenvalue weighted by Crippen LogP contribution is -2.03. The van der Waals surface area contributed by atoms with Gasteiger partial charge in [-0.2, -0.15) is 20.2 Å². The summed E-state index contributed by atoms with van der Waals surface area (Å²) in [4.78, 5) is 0. The summed E-state index contributed by atoms with van der Waals surface area (Å²) in [7, 11) is -3.72. The van der Waals surface area contributed by atoms with Gasteiger partial charge in [0, 0.05) is 0 Å². The van der Waals surface area contributed by atoms with Crippen LogP contribution in [0.15, 0.2) is 0 Å². The van der Waals surface area contributed by atoms with Crippen molar-refractivity contribution in [2.45, 2.75) is 26.2 Å². The van der Waals surface area contributed by atoms with Crippen molar-refractivity contribution >= 4 is 21.9 Å². The smallest absolute Gasteiger partial charge is 0.264 e. The maximum Gasteiger partial charge on any atom is 0.264 e. The second-order valence-corrected chi connectivity index (χ2v) is 5.51. The van der Waals surface area contributed by atoms with E-state index in [0.717, 1.165) is 24.3 Å². The molecule has 0 radical (unpaired) electrons. The first-order chi connectivity index (χ1) is 5.56. The van der Waals surface area contributed by atoms with E-state index in [4.69, 9.17) is 4.55 Å². The third-order valence-electron chi connectivity index (χ3n) is 1.40. The highest BCUT2D eigenvalue weighted by molar-refractivity contribution is 7.99. The van der Waals surface area contributed by atoms with Crippen molar-refractivity contribution in [1.29, 1.82) is 0 Å². The normalized spacial score (nSPS) is 11.8. The van der Waals surface area contributed by atoms with Gasteiger partial charge in [-0.3, -0.25) is 4.55 Å². The molecule has 0 spiro atoms. The topological polar surface area (TPSA) is 54.4 Å². The van der Waals surface area contributed by atoms with E-state index < -0.39 is 10.1 Å². The van der Waals surface area contributed by atoms with Crippen molar-refractivity contribution in [1.82, 2.24) is 0 Å². The molecule has 0 aromatic heterocycles. The average Bonchev–Trinajstić information content (AvgIpc) is 1.94. The lowest BCUT2D eigenvalue weighted by molar-refractivity contribution is 0.480. The molecule has 0 rings (SSSR count). The molecule has 0 aliphatic heterocycles. The van der Waals surface area contributed by atoms with Crippen molar-refractivity contribution in [3.63, 3.8) is 0 Å². The van der Waals surface area contributed by atoms with E-state index in [9.17, 15) is 8.42 Å². The van der Waals surface area contributed by atoms with Gasteiger partial charge in [0.1, 0.15) is 0 Å². The van der Waals surface area contributed by atoms with Gasteiger partial charge in [-0.05, 0) is 24.3 Å². The van der Waals surface area contributed by atoms with Crippen molar-refractivity contribution in [2.24, 2.45) is 0 Å². The van der Waals surface area contributed by atoms with E-state index in [1.54, 1.807) is 0 Å². The molecule has 74 valence electrons. The summed E-state index contributed by atoms with van der Waals surface area (Å²) >= 11 is 1.85. The Morgan fingerprint density at radius 1 is 1.25 bits per heavy atom. The van der Waals surface area contributed by atoms with E-state index in [0.29, 0.717) is 6.42 Å². The van der Waals surface area contributed by atoms with Gasteiger partial charge in [-0.1, -0.05) is 13.3 Å². The molecule has 0 aliphatic rings. The Labute approximate surface area is 78.7 Å². The molecular weight excluding hydrogens is 196 g/mol. The highest BCUT2D eigenvalue weighted by atomic mass is 32.2. The Bertz CT molecular complexity index is 187. The minimum atomic E-state index is -3.72. The summed E-state index contributed by atoms with van der Waals surface area (Å²) in [5.74, 6) is 2.10. The molecular formula is C7H16O3S2. The quantitative estimate of drug-likeness (QED) is 0.516. The van der Waals surface area contributed by atoms with E-state index >= 15 is 0 Å². The van der Waals surface area contributed by atoms with Crippen LogP contribution in [0.4, 0.5) is 0 Å². The molecule has 1 N–H and O–H groups in total. The van der Waals surface area contributed by atoms with Gasteiger partial charge in [0.15, 0.2) is 0 Å². The molecule has 0 unspecified atom stereocenters. The third kappa shape index (κ3) is 10.3. The van der Waals surface area contributed by atoms with Crippen LogP contribution in [-0.4, -0.2) is 30.2 Å². The molecule has 3 nitrogen and oxygen atoms in total. The first-order valence-electron chi connectivity index (χ1n) is 4.09. The number of rotatable bonds is 7. The number of unbranched alkanes of at least 4 members (excludes halogenated alkanes) is 2. The number of hydrogen-bond acceptors (Lipinski definition) is 3. The SMILES string of the molecule is CCSCCCCCS(=O)(=O)O. The van der Waals surface area contributed by atoms with Crippen LogP contribution in [0, 0.1) is 0 Å². The summed E-state index contributed by atoms with van der Waals surface area (Å²) in [5.41, 5.74) is 0. The molecule has 0 amide bonds. The molecule has 12 heavy (non-hydrogen) atoms. The zero-order valence-corrected chi connectivity index (χ0v) is 8.96. The summed E-state index contributed by atoms with van der Waals surface area (Å²) in [6, 6.07) is 0. The van der Waals surface area contributed by atoms with Crippen LogP contribution in [0.1, 0.15) is 26.2 Å². The Morgan fingerprint density at radius 2 is 1.92 bits per heavy atom. The van der Waals surface area contributed by atoms with Gasteiger partial charge < -0.3 is 0 Å². The molecule has 0 saturated heterocycles. The number of thioether (sulfide) groups is 1. The fourth-order valence-electron chi connectivity index (χ4n) is 0.810. The third-order valence-corrected chi connectivity index (χ3v) is 3.19. The summed E-state index contributed by atoms with van der Waals surface area (Å²) < 4.78 is 28.9. The van der Waals surface area contributed by atoms with Crippen LogP contribution in [0.25, 0.3) is 0 Å². The van der Waals surface area contributed by atoms with Gasteiger partial charge in [0.05, 0.1) is 5.75 Å². The Balaban J connectivity index is 3.12. The monoisotopic (exact) mass is 212 g/mol. The maximum atomic E-state index is 10.3. The van der Waals surface area contributed by atoms with Gasteiger partial charge in [0.2, 0.25) is 0 Å². The van der Waals surface area contributed by atoms with Crippen LogP contribution in [0.5, 0.6) is 0 Å². The predicted molar refractivity (Wildman–Crippen MR) is 53.3 cm³/mol. The predicted octanol–water partition coefficient (Wildman–Crippen LogP) is 1.80. The standard InChI is InChI=1S/C7H16O3S2/c1-2-11-6-4-3-5-7-12(8,9)10/h2-7H2,1H3,(H,8,9,10). The molecule has 0 heterocycles. The van der Waals surface area contributed by atoms with Gasteiger partial charge in [0.25, 0.3) is 10.1 Å². The first kappa shape index (κ1) is 12.3. The highest BCUT2D eigenvalue weighted by Crippen LogP contribution is 2.05. The van der Waals surface area contributed by atoms with Crippen LogP contribution >= 0.6 is 11.8 Å². The van der Waals surface area contributed by atoms with Crippen LogP contribution < -0.4 is 0 Å². The Morgan fingerprint density at radius 3 is 2.42 bits per heavy atom. The minimum absolute atomic E-state index is 0.0935. The van der Waals surface area contributed by atoms with Crippen molar-refractivity contribution < 1.29 is 13.0 Å². The second-order valence-electron chi connectivity index (χ2n) is 2.54. The Kier molecular flexibility index (Phi) is 6.89. The molecule has 0 saturated carbocycles. The molecule has 0 bridgehead atoms. The van der Waals surface area contributed by atoms with Crippen LogP contribution in [0.3, 0.4) is 0 Å². The molecule has 0 atom stereocenters. The highest BCUT2D eigenvalue weighted by Gasteiger charge is 2.02. The summed E-state index contributed by atoms with van der Waals surface area (Å²) in [5, 5.41) is 0. The number of hydrogen-bond donors (Lipinski definition) is 1. The zero-order valence-electron chi connectivity index (χ0n) is 7.32. The van der Waals surface area contributed by atoms with Crippen molar-refractivity contribution in [2.75, 3.05) is 17.3 Å². The first-order valence-corrected chi connectivity index (χ1v) is 6.85. The van der Waals surface area contributed by atoms with Gasteiger partial charge in [-0.25, -0.2) is 0 Å². The fourth-order valence-corrected chi connectivity index (χ4v) is 2.08. The van der Waals surface area contributed by atoms with Gasteiger partial charge in [-0.15, -0.1) is 0 Å². The fraction of sp³-hybridized carbons (Fsp3) is 1.00. The lowest BCUT2D eigenvalue weighted by atomic mass is 10.3. The Hall–Kier alpha value is 0.260. The zero-order chi connectivity index (χ0) is 9.45. The van der Waals surface area contributed by atoms with Crippen molar-refractivity contribution in [3.05, 3.63) is 0 Å². The molecule has 0 fully saturated rings. The van der Waals surface area contributed by atoms with Crippen LogP contribution in [-0.2, 0) is 10.1 Å². The lowest BCUT2D eigenvalue weighted by Gasteiger charge is -1.98. The van der Waals surface area contributed by atoms with E-state index in [2.05, 4.69) is 6.92 Å². The molecule has 0 aliphatic carbocycles. The van der Waals surface area contributed by atoms with E-state index in [1.807, 2.05) is 11.8 Å². The largest absolute Gasteiger partial charge is 0.286 e. The maximum absolute atomic E-state index is 10.3.